The van der Waals surface area contributed by atoms with Gasteiger partial charge in [-0.05, 0) is 37.9 Å². The molecule has 0 aliphatic carbocycles. The van der Waals surface area contributed by atoms with Gasteiger partial charge in [0, 0.05) is 13.1 Å². The van der Waals surface area contributed by atoms with E-state index >= 15 is 0 Å². The molecule has 1 aromatic rings. The van der Waals surface area contributed by atoms with Gasteiger partial charge in [-0.2, -0.15) is 0 Å². The van der Waals surface area contributed by atoms with Crippen LogP contribution in [0.2, 0.25) is 0 Å². The van der Waals surface area contributed by atoms with Crippen molar-refractivity contribution in [2.75, 3.05) is 33.2 Å². The first kappa shape index (κ1) is 19.5. The van der Waals surface area contributed by atoms with Crippen LogP contribution in [0.4, 0.5) is 0 Å². The molecule has 5 nitrogen and oxygen atoms in total. The molecular formula is C17H26ClN3O2. The van der Waals surface area contributed by atoms with Crippen molar-refractivity contribution in [1.29, 1.82) is 0 Å². The van der Waals surface area contributed by atoms with Gasteiger partial charge in [-0.15, -0.1) is 12.4 Å². The fourth-order valence-electron chi connectivity index (χ4n) is 2.88. The van der Waals surface area contributed by atoms with Crippen LogP contribution in [0, 0.1) is 5.92 Å². The van der Waals surface area contributed by atoms with Crippen LogP contribution in [0.25, 0.3) is 0 Å². The molecular weight excluding hydrogens is 314 g/mol. The number of hydrogen-bond acceptors (Lipinski definition) is 3. The van der Waals surface area contributed by atoms with E-state index in [-0.39, 0.29) is 30.8 Å². The lowest BCUT2D eigenvalue weighted by Crippen LogP contribution is -2.46. The molecule has 1 aromatic carbocycles. The number of amides is 2. The fourth-order valence-corrected chi connectivity index (χ4v) is 2.88. The number of carbonyl (C=O) groups is 2. The largest absolute Gasteiger partial charge is 0.347 e. The molecule has 1 saturated heterocycles. The number of hydrogen-bond donors (Lipinski definition) is 2. The minimum Gasteiger partial charge on any atom is -0.347 e. The van der Waals surface area contributed by atoms with E-state index in [9.17, 15) is 9.59 Å². The Morgan fingerprint density at radius 1 is 1.26 bits per heavy atom. The minimum absolute atomic E-state index is 0. The molecule has 2 N–H and O–H groups in total. The number of piperidine rings is 1. The summed E-state index contributed by atoms with van der Waals surface area (Å²) in [7, 11) is 1.94. The van der Waals surface area contributed by atoms with Crippen molar-refractivity contribution in [1.82, 2.24) is 15.5 Å². The molecule has 1 atom stereocenters. The van der Waals surface area contributed by atoms with Crippen molar-refractivity contribution in [3.05, 3.63) is 35.9 Å². The van der Waals surface area contributed by atoms with E-state index < -0.39 is 0 Å². The number of nitrogens with zero attached hydrogens (tertiary/aromatic N) is 1. The molecule has 2 rings (SSSR count). The first-order valence-corrected chi connectivity index (χ1v) is 7.92. The molecule has 2 amide bonds. The van der Waals surface area contributed by atoms with E-state index in [0.29, 0.717) is 12.3 Å². The average Bonchev–Trinajstić information content (AvgIpc) is 2.54. The molecule has 0 saturated carbocycles. The highest BCUT2D eigenvalue weighted by Gasteiger charge is 2.23. The van der Waals surface area contributed by atoms with E-state index in [1.807, 2.05) is 42.3 Å². The minimum atomic E-state index is -0.108. The molecule has 1 aliphatic rings. The maximum absolute atomic E-state index is 12.2. The Hall–Kier alpha value is -1.59. The van der Waals surface area contributed by atoms with Crippen LogP contribution < -0.4 is 10.6 Å². The molecule has 0 radical (unpaired) electrons. The normalized spacial score (nSPS) is 17.3. The predicted molar refractivity (Wildman–Crippen MR) is 93.6 cm³/mol. The van der Waals surface area contributed by atoms with Crippen molar-refractivity contribution in [2.24, 2.45) is 5.92 Å². The predicted octanol–water partition coefficient (Wildman–Crippen LogP) is 1.23. The van der Waals surface area contributed by atoms with Crippen molar-refractivity contribution < 1.29 is 9.59 Å². The number of likely N-dealkylation sites (tertiary alicyclic amines) is 1. The second kappa shape index (κ2) is 10.2. The van der Waals surface area contributed by atoms with Gasteiger partial charge in [0.1, 0.15) is 0 Å². The van der Waals surface area contributed by atoms with Crippen LogP contribution in [0.3, 0.4) is 0 Å². The molecule has 1 heterocycles. The van der Waals surface area contributed by atoms with Crippen LogP contribution in [-0.2, 0) is 16.0 Å². The molecule has 6 heteroatoms. The Balaban J connectivity index is 0.00000264. The Kier molecular flexibility index (Phi) is 8.66. The van der Waals surface area contributed by atoms with Gasteiger partial charge in [-0.1, -0.05) is 30.3 Å². The summed E-state index contributed by atoms with van der Waals surface area (Å²) in [6, 6.07) is 9.55. The fraction of sp³-hybridized carbons (Fsp3) is 0.529. The van der Waals surface area contributed by atoms with Crippen molar-refractivity contribution >= 4 is 24.2 Å². The highest BCUT2D eigenvalue weighted by atomic mass is 35.5. The van der Waals surface area contributed by atoms with Crippen LogP contribution >= 0.6 is 12.4 Å². The monoisotopic (exact) mass is 339 g/mol. The average molecular weight is 340 g/mol. The highest BCUT2D eigenvalue weighted by Crippen LogP contribution is 2.15. The Morgan fingerprint density at radius 2 is 2.00 bits per heavy atom. The lowest BCUT2D eigenvalue weighted by Gasteiger charge is -2.32. The zero-order valence-electron chi connectivity index (χ0n) is 13.6. The lowest BCUT2D eigenvalue weighted by molar-refractivity contribution is -0.134. The van der Waals surface area contributed by atoms with Gasteiger partial charge in [0.25, 0.3) is 0 Å². The molecule has 0 bridgehead atoms. The lowest BCUT2D eigenvalue weighted by atomic mass is 9.98. The van der Waals surface area contributed by atoms with Crippen LogP contribution in [0.15, 0.2) is 30.3 Å². The van der Waals surface area contributed by atoms with Crippen molar-refractivity contribution in [3.8, 4) is 0 Å². The van der Waals surface area contributed by atoms with E-state index in [1.54, 1.807) is 0 Å². The summed E-state index contributed by atoms with van der Waals surface area (Å²) in [6.07, 6.45) is 2.51. The van der Waals surface area contributed by atoms with Crippen LogP contribution in [-0.4, -0.2) is 49.9 Å². The molecule has 1 aliphatic heterocycles. The first-order valence-electron chi connectivity index (χ1n) is 7.92. The molecule has 0 aromatic heterocycles. The maximum Gasteiger partial charge on any atom is 0.241 e. The summed E-state index contributed by atoms with van der Waals surface area (Å²) in [5.74, 6) is 0.424. The van der Waals surface area contributed by atoms with E-state index in [0.717, 1.165) is 38.0 Å². The zero-order chi connectivity index (χ0) is 15.8. The van der Waals surface area contributed by atoms with Crippen LogP contribution in [0.5, 0.6) is 0 Å². The third-order valence-corrected chi connectivity index (χ3v) is 4.01. The SMILES string of the molecule is CNCC1CCCN(C(=O)CNC(=O)Cc2ccccc2)C1.Cl. The number of rotatable bonds is 6. The van der Waals surface area contributed by atoms with Crippen LogP contribution in [0.1, 0.15) is 18.4 Å². The van der Waals surface area contributed by atoms with Gasteiger partial charge in [-0.25, -0.2) is 0 Å². The Bertz CT molecular complexity index is 494. The third-order valence-electron chi connectivity index (χ3n) is 4.01. The van der Waals surface area contributed by atoms with Gasteiger partial charge in [0.15, 0.2) is 0 Å². The number of halogens is 1. The summed E-state index contributed by atoms with van der Waals surface area (Å²) < 4.78 is 0. The van der Waals surface area contributed by atoms with Gasteiger partial charge in [0.05, 0.1) is 13.0 Å². The highest BCUT2D eigenvalue weighted by molar-refractivity contribution is 5.86. The van der Waals surface area contributed by atoms with E-state index in [1.165, 1.54) is 0 Å². The molecule has 0 spiro atoms. The summed E-state index contributed by atoms with van der Waals surface area (Å²) in [4.78, 5) is 25.9. The van der Waals surface area contributed by atoms with Gasteiger partial charge in [-0.3, -0.25) is 9.59 Å². The second-order valence-electron chi connectivity index (χ2n) is 5.84. The van der Waals surface area contributed by atoms with Crippen molar-refractivity contribution in [2.45, 2.75) is 19.3 Å². The van der Waals surface area contributed by atoms with E-state index in [4.69, 9.17) is 0 Å². The summed E-state index contributed by atoms with van der Waals surface area (Å²) in [5, 5.41) is 5.90. The summed E-state index contributed by atoms with van der Waals surface area (Å²) in [6.45, 7) is 2.61. The Labute approximate surface area is 144 Å². The summed E-state index contributed by atoms with van der Waals surface area (Å²) >= 11 is 0. The molecule has 128 valence electrons. The van der Waals surface area contributed by atoms with Crippen molar-refractivity contribution in [3.63, 3.8) is 0 Å². The third kappa shape index (κ3) is 6.59. The zero-order valence-corrected chi connectivity index (χ0v) is 14.4. The quantitative estimate of drug-likeness (QED) is 0.819. The number of carbonyl (C=O) groups excluding carboxylic acids is 2. The van der Waals surface area contributed by atoms with Gasteiger partial charge in [0.2, 0.25) is 11.8 Å². The summed E-state index contributed by atoms with van der Waals surface area (Å²) in [5.41, 5.74) is 0.958. The van der Waals surface area contributed by atoms with Gasteiger partial charge >= 0.3 is 0 Å². The standard InChI is InChI=1S/C17H25N3O2.ClH/c1-18-11-15-8-5-9-20(13-15)17(22)12-19-16(21)10-14-6-3-2-4-7-14;/h2-4,6-7,15,18H,5,8-13H2,1H3,(H,19,21);1H. The van der Waals surface area contributed by atoms with Gasteiger partial charge < -0.3 is 15.5 Å². The maximum atomic E-state index is 12.2. The number of nitrogens with one attached hydrogen (secondary N) is 2. The smallest absolute Gasteiger partial charge is 0.241 e. The first-order chi connectivity index (χ1) is 10.7. The molecule has 1 fully saturated rings. The topological polar surface area (TPSA) is 61.4 Å². The number of benzene rings is 1. The van der Waals surface area contributed by atoms with E-state index in [2.05, 4.69) is 10.6 Å². The molecule has 1 unspecified atom stereocenters. The Morgan fingerprint density at radius 3 is 2.70 bits per heavy atom. The molecule has 23 heavy (non-hydrogen) atoms. The second-order valence-corrected chi connectivity index (χ2v) is 5.84.